The Balaban J connectivity index is 1.49. The van der Waals surface area contributed by atoms with Gasteiger partial charge in [-0.15, -0.1) is 0 Å². The van der Waals surface area contributed by atoms with E-state index in [1.807, 2.05) is 72.8 Å². The normalized spacial score (nSPS) is 10.7. The van der Waals surface area contributed by atoms with Gasteiger partial charge >= 0.3 is 0 Å². The number of para-hydroxylation sites is 1. The summed E-state index contributed by atoms with van der Waals surface area (Å²) in [5.41, 5.74) is 2.02. The quantitative estimate of drug-likeness (QED) is 0.496. The molecule has 0 saturated carbocycles. The maximum Gasteiger partial charge on any atom is 0.137 e. The molecule has 1 N–H and O–H groups in total. The van der Waals surface area contributed by atoms with Crippen LogP contribution in [0.2, 0.25) is 5.02 Å². The molecule has 4 rings (SSSR count). The standard InChI is InChI=1S/C21H16ClN3O/c22-16-8-10-17(11-9-16)26-18-5-3-4-15(12-18)13-23-21-19-6-1-2-7-20(19)24-14-25-21/h1-12,14H,13H2,(H,23,24,25). The number of anilines is 1. The molecule has 0 amide bonds. The number of halogens is 1. The number of nitrogens with one attached hydrogen (secondary N) is 1. The van der Waals surface area contributed by atoms with Crippen LogP contribution in [0.5, 0.6) is 11.5 Å². The predicted molar refractivity (Wildman–Crippen MR) is 105 cm³/mol. The third-order valence-corrected chi connectivity index (χ3v) is 4.20. The lowest BCUT2D eigenvalue weighted by atomic mass is 10.2. The molecule has 1 aromatic heterocycles. The Hall–Kier alpha value is -3.11. The zero-order valence-corrected chi connectivity index (χ0v) is 14.6. The first kappa shape index (κ1) is 16.4. The second-order valence-corrected chi connectivity index (χ2v) is 6.23. The number of benzene rings is 3. The molecule has 4 nitrogen and oxygen atoms in total. The highest BCUT2D eigenvalue weighted by Gasteiger charge is 2.04. The first-order valence-corrected chi connectivity index (χ1v) is 8.62. The summed E-state index contributed by atoms with van der Waals surface area (Å²) in [6, 6.07) is 23.2. The van der Waals surface area contributed by atoms with Gasteiger partial charge in [-0.2, -0.15) is 0 Å². The Bertz CT molecular complexity index is 1030. The lowest BCUT2D eigenvalue weighted by Gasteiger charge is -2.10. The summed E-state index contributed by atoms with van der Waals surface area (Å²) >= 11 is 5.91. The monoisotopic (exact) mass is 361 g/mol. The van der Waals surface area contributed by atoms with Crippen molar-refractivity contribution in [3.63, 3.8) is 0 Å². The van der Waals surface area contributed by atoms with Gasteiger partial charge in [-0.05, 0) is 54.1 Å². The molecule has 5 heteroatoms. The van der Waals surface area contributed by atoms with E-state index < -0.39 is 0 Å². The van der Waals surface area contributed by atoms with Gasteiger partial charge in [-0.25, -0.2) is 9.97 Å². The zero-order chi connectivity index (χ0) is 17.8. The number of rotatable bonds is 5. The molecule has 0 aliphatic carbocycles. The van der Waals surface area contributed by atoms with E-state index in [0.29, 0.717) is 11.6 Å². The molecule has 0 radical (unpaired) electrons. The van der Waals surface area contributed by atoms with E-state index in [2.05, 4.69) is 15.3 Å². The van der Waals surface area contributed by atoms with Gasteiger partial charge in [-0.3, -0.25) is 0 Å². The van der Waals surface area contributed by atoms with Gasteiger partial charge in [0, 0.05) is 17.0 Å². The Kier molecular flexibility index (Phi) is 4.67. The van der Waals surface area contributed by atoms with Crippen molar-refractivity contribution in [2.45, 2.75) is 6.54 Å². The molecule has 0 unspecified atom stereocenters. The molecule has 128 valence electrons. The molecule has 0 aliphatic rings. The molecule has 1 heterocycles. The van der Waals surface area contributed by atoms with Crippen molar-refractivity contribution in [1.29, 1.82) is 0 Å². The van der Waals surface area contributed by atoms with Crippen molar-refractivity contribution in [2.24, 2.45) is 0 Å². The summed E-state index contributed by atoms with van der Waals surface area (Å²) in [5.74, 6) is 2.35. The van der Waals surface area contributed by atoms with E-state index in [1.54, 1.807) is 6.33 Å². The predicted octanol–water partition coefficient (Wildman–Crippen LogP) is 5.69. The van der Waals surface area contributed by atoms with Crippen LogP contribution < -0.4 is 10.1 Å². The molecular weight excluding hydrogens is 346 g/mol. The van der Waals surface area contributed by atoms with Crippen LogP contribution in [0.3, 0.4) is 0 Å². The Morgan fingerprint density at radius 2 is 1.69 bits per heavy atom. The van der Waals surface area contributed by atoms with Crippen molar-refractivity contribution < 1.29 is 4.74 Å². The second-order valence-electron chi connectivity index (χ2n) is 5.80. The van der Waals surface area contributed by atoms with Crippen LogP contribution in [0.1, 0.15) is 5.56 Å². The zero-order valence-electron chi connectivity index (χ0n) is 13.9. The van der Waals surface area contributed by atoms with Gasteiger partial charge in [0.05, 0.1) is 5.52 Å². The Labute approximate surface area is 156 Å². The molecular formula is C21H16ClN3O. The van der Waals surface area contributed by atoms with E-state index >= 15 is 0 Å². The van der Waals surface area contributed by atoms with Gasteiger partial charge in [0.1, 0.15) is 23.6 Å². The lowest BCUT2D eigenvalue weighted by molar-refractivity contribution is 0.482. The number of ether oxygens (including phenoxy) is 1. The van der Waals surface area contributed by atoms with E-state index in [0.717, 1.165) is 33.8 Å². The van der Waals surface area contributed by atoms with Gasteiger partial charge in [0.15, 0.2) is 0 Å². The van der Waals surface area contributed by atoms with Crippen molar-refractivity contribution in [3.8, 4) is 11.5 Å². The molecule has 0 bridgehead atoms. The molecule has 0 spiro atoms. The highest BCUT2D eigenvalue weighted by molar-refractivity contribution is 6.30. The summed E-state index contributed by atoms with van der Waals surface area (Å²) in [7, 11) is 0. The number of fused-ring (bicyclic) bond motifs is 1. The molecule has 0 saturated heterocycles. The van der Waals surface area contributed by atoms with Crippen LogP contribution >= 0.6 is 11.6 Å². The first-order chi connectivity index (χ1) is 12.8. The molecule has 3 aromatic carbocycles. The summed E-state index contributed by atoms with van der Waals surface area (Å²) in [6.45, 7) is 0.638. The molecule has 0 fully saturated rings. The van der Waals surface area contributed by atoms with E-state index in [-0.39, 0.29) is 0 Å². The third-order valence-electron chi connectivity index (χ3n) is 3.95. The minimum Gasteiger partial charge on any atom is -0.457 e. The summed E-state index contributed by atoms with van der Waals surface area (Å²) in [6.07, 6.45) is 1.57. The van der Waals surface area contributed by atoms with Crippen molar-refractivity contribution in [1.82, 2.24) is 9.97 Å². The Morgan fingerprint density at radius 1 is 0.846 bits per heavy atom. The minimum atomic E-state index is 0.638. The molecule has 0 atom stereocenters. The van der Waals surface area contributed by atoms with Gasteiger partial charge in [-0.1, -0.05) is 35.9 Å². The first-order valence-electron chi connectivity index (χ1n) is 8.24. The van der Waals surface area contributed by atoms with Crippen molar-refractivity contribution >= 4 is 28.3 Å². The third kappa shape index (κ3) is 3.76. The second kappa shape index (κ2) is 7.42. The lowest BCUT2D eigenvalue weighted by Crippen LogP contribution is -2.02. The Morgan fingerprint density at radius 3 is 2.58 bits per heavy atom. The fourth-order valence-electron chi connectivity index (χ4n) is 2.69. The molecule has 4 aromatic rings. The molecule has 0 aliphatic heterocycles. The van der Waals surface area contributed by atoms with Crippen LogP contribution in [0.25, 0.3) is 10.9 Å². The highest BCUT2D eigenvalue weighted by atomic mass is 35.5. The fourth-order valence-corrected chi connectivity index (χ4v) is 2.82. The number of hydrogen-bond donors (Lipinski definition) is 1. The van der Waals surface area contributed by atoms with Gasteiger partial charge in [0.25, 0.3) is 0 Å². The van der Waals surface area contributed by atoms with E-state index in [4.69, 9.17) is 16.3 Å². The highest BCUT2D eigenvalue weighted by Crippen LogP contribution is 2.24. The molecule has 26 heavy (non-hydrogen) atoms. The smallest absolute Gasteiger partial charge is 0.137 e. The maximum absolute atomic E-state index is 5.91. The minimum absolute atomic E-state index is 0.638. The summed E-state index contributed by atoms with van der Waals surface area (Å²) < 4.78 is 5.88. The number of hydrogen-bond acceptors (Lipinski definition) is 4. The van der Waals surface area contributed by atoms with Crippen LogP contribution in [-0.4, -0.2) is 9.97 Å². The van der Waals surface area contributed by atoms with Gasteiger partial charge in [0.2, 0.25) is 0 Å². The van der Waals surface area contributed by atoms with Crippen LogP contribution in [0.15, 0.2) is 79.1 Å². The average Bonchev–Trinajstić information content (AvgIpc) is 2.68. The van der Waals surface area contributed by atoms with Crippen LogP contribution in [0, 0.1) is 0 Å². The number of aromatic nitrogens is 2. The van der Waals surface area contributed by atoms with E-state index in [9.17, 15) is 0 Å². The fraction of sp³-hybridized carbons (Fsp3) is 0.0476. The van der Waals surface area contributed by atoms with Crippen molar-refractivity contribution in [3.05, 3.63) is 89.7 Å². The topological polar surface area (TPSA) is 47.0 Å². The number of nitrogens with zero attached hydrogens (tertiary/aromatic N) is 2. The van der Waals surface area contributed by atoms with E-state index in [1.165, 1.54) is 0 Å². The van der Waals surface area contributed by atoms with Crippen molar-refractivity contribution in [2.75, 3.05) is 5.32 Å². The summed E-state index contributed by atoms with van der Waals surface area (Å²) in [5, 5.41) is 5.07. The average molecular weight is 362 g/mol. The van der Waals surface area contributed by atoms with Gasteiger partial charge < -0.3 is 10.1 Å². The maximum atomic E-state index is 5.91. The summed E-state index contributed by atoms with van der Waals surface area (Å²) in [4.78, 5) is 8.64. The SMILES string of the molecule is Clc1ccc(Oc2cccc(CNc3ncnc4ccccc34)c2)cc1. The largest absolute Gasteiger partial charge is 0.457 e. The van der Waals surface area contributed by atoms with Crippen LogP contribution in [-0.2, 0) is 6.54 Å². The van der Waals surface area contributed by atoms with Crippen LogP contribution in [0.4, 0.5) is 5.82 Å².